The van der Waals surface area contributed by atoms with E-state index in [-0.39, 0.29) is 36.6 Å². The fraction of sp³-hybridized carbons (Fsp3) is 0.867. The molecule has 3 heterocycles. The van der Waals surface area contributed by atoms with E-state index in [0.29, 0.717) is 39.0 Å². The minimum atomic E-state index is -0.722. The molecule has 2 atom stereocenters. The molecule has 0 aromatic rings. The first-order chi connectivity index (χ1) is 10.6. The van der Waals surface area contributed by atoms with E-state index in [1.165, 1.54) is 0 Å². The summed E-state index contributed by atoms with van der Waals surface area (Å²) in [5.41, 5.74) is -0.722. The van der Waals surface area contributed by atoms with Crippen LogP contribution in [-0.2, 0) is 9.59 Å². The zero-order valence-electron chi connectivity index (χ0n) is 13.8. The van der Waals surface area contributed by atoms with Gasteiger partial charge in [-0.2, -0.15) is 0 Å². The van der Waals surface area contributed by atoms with Crippen molar-refractivity contribution in [3.8, 4) is 0 Å². The lowest BCUT2D eigenvalue weighted by Crippen LogP contribution is -2.62. The normalized spacial score (nSPS) is 31.0. The number of aliphatic hydroxyl groups is 1. The number of piperidine rings is 2. The Labute approximate surface area is 155 Å². The van der Waals surface area contributed by atoms with Crippen LogP contribution in [0.5, 0.6) is 0 Å². The van der Waals surface area contributed by atoms with Crippen LogP contribution in [0.15, 0.2) is 0 Å². The van der Waals surface area contributed by atoms with Gasteiger partial charge in [0.2, 0.25) is 11.8 Å². The quantitative estimate of drug-likeness (QED) is 0.583. The van der Waals surface area contributed by atoms with Crippen LogP contribution >= 0.6 is 24.8 Å². The molecule has 0 bridgehead atoms. The fourth-order valence-electron chi connectivity index (χ4n) is 3.87. The molecule has 0 radical (unpaired) electrons. The zero-order valence-corrected chi connectivity index (χ0v) is 15.5. The van der Waals surface area contributed by atoms with Crippen LogP contribution in [0.2, 0.25) is 0 Å². The number of aliphatic hydroxyl groups excluding tert-OH is 1. The van der Waals surface area contributed by atoms with Crippen LogP contribution in [0.1, 0.15) is 19.3 Å². The van der Waals surface area contributed by atoms with Crippen molar-refractivity contribution in [2.45, 2.75) is 25.4 Å². The summed E-state index contributed by atoms with van der Waals surface area (Å²) in [5, 5.41) is 16.5. The second-order valence-corrected chi connectivity index (χ2v) is 6.66. The number of piperazine rings is 1. The molecule has 0 saturated carbocycles. The van der Waals surface area contributed by atoms with Crippen LogP contribution in [0.3, 0.4) is 0 Å². The van der Waals surface area contributed by atoms with Gasteiger partial charge in [-0.15, -0.1) is 24.8 Å². The van der Waals surface area contributed by atoms with Crippen molar-refractivity contribution < 1.29 is 14.7 Å². The van der Waals surface area contributed by atoms with Crippen molar-refractivity contribution in [3.05, 3.63) is 0 Å². The third-order valence-corrected chi connectivity index (χ3v) is 5.23. The number of hydrogen-bond donors (Lipinski definition) is 3. The highest BCUT2D eigenvalue weighted by Gasteiger charge is 2.49. The van der Waals surface area contributed by atoms with Crippen LogP contribution in [-0.4, -0.2) is 85.2 Å². The van der Waals surface area contributed by atoms with Gasteiger partial charge in [0, 0.05) is 45.8 Å². The molecule has 3 fully saturated rings. The highest BCUT2D eigenvalue weighted by Crippen LogP contribution is 2.37. The van der Waals surface area contributed by atoms with Gasteiger partial charge in [0.25, 0.3) is 0 Å². The number of rotatable bonds is 2. The van der Waals surface area contributed by atoms with E-state index in [2.05, 4.69) is 10.6 Å². The van der Waals surface area contributed by atoms with Crippen molar-refractivity contribution in [1.82, 2.24) is 20.4 Å². The molecule has 0 unspecified atom stereocenters. The Morgan fingerprint density at radius 3 is 2.58 bits per heavy atom. The Kier molecular flexibility index (Phi) is 8.22. The molecule has 2 amide bonds. The van der Waals surface area contributed by atoms with Crippen molar-refractivity contribution in [2.75, 3.05) is 52.4 Å². The van der Waals surface area contributed by atoms with E-state index in [0.717, 1.165) is 32.6 Å². The molecule has 3 rings (SSSR count). The van der Waals surface area contributed by atoms with E-state index in [9.17, 15) is 14.7 Å². The Balaban J connectivity index is 0.00000144. The van der Waals surface area contributed by atoms with Crippen molar-refractivity contribution in [2.24, 2.45) is 5.41 Å². The summed E-state index contributed by atoms with van der Waals surface area (Å²) in [5.74, 6) is 0.0785. The SMILES string of the molecule is Cl.Cl.O=C(CN1CC[C@H](O)[C@@]2(CCCNC2=O)C1)N1CCNCC1. The van der Waals surface area contributed by atoms with Gasteiger partial charge >= 0.3 is 0 Å². The van der Waals surface area contributed by atoms with E-state index < -0.39 is 11.5 Å². The lowest BCUT2D eigenvalue weighted by atomic mass is 9.71. The van der Waals surface area contributed by atoms with E-state index >= 15 is 0 Å². The monoisotopic (exact) mass is 382 g/mol. The molecule has 3 N–H and O–H groups in total. The maximum atomic E-state index is 12.4. The first-order valence-electron chi connectivity index (χ1n) is 8.29. The van der Waals surface area contributed by atoms with Gasteiger partial charge in [0.1, 0.15) is 0 Å². The molecule has 0 aliphatic carbocycles. The average Bonchev–Trinajstić information content (AvgIpc) is 2.54. The number of nitrogens with one attached hydrogen (secondary N) is 2. The smallest absolute Gasteiger partial charge is 0.236 e. The summed E-state index contributed by atoms with van der Waals surface area (Å²) in [6, 6.07) is 0. The number of halogens is 2. The summed E-state index contributed by atoms with van der Waals surface area (Å²) in [7, 11) is 0. The number of nitrogens with zero attached hydrogens (tertiary/aromatic N) is 2. The maximum absolute atomic E-state index is 12.4. The Hall–Kier alpha value is -0.600. The highest BCUT2D eigenvalue weighted by molar-refractivity contribution is 5.86. The average molecular weight is 383 g/mol. The second kappa shape index (κ2) is 9.20. The van der Waals surface area contributed by atoms with Crippen molar-refractivity contribution in [1.29, 1.82) is 0 Å². The third-order valence-electron chi connectivity index (χ3n) is 5.23. The summed E-state index contributed by atoms with van der Waals surface area (Å²) >= 11 is 0. The molecule has 3 aliphatic rings. The van der Waals surface area contributed by atoms with Gasteiger partial charge in [-0.05, 0) is 19.3 Å². The molecule has 7 nitrogen and oxygen atoms in total. The Morgan fingerprint density at radius 2 is 1.92 bits per heavy atom. The number of hydrogen-bond acceptors (Lipinski definition) is 5. The predicted octanol–water partition coefficient (Wildman–Crippen LogP) is -0.775. The molecule has 0 aromatic heterocycles. The Bertz CT molecular complexity index is 448. The fourth-order valence-corrected chi connectivity index (χ4v) is 3.87. The number of carbonyl (C=O) groups excluding carboxylic acids is 2. The highest BCUT2D eigenvalue weighted by atomic mass is 35.5. The van der Waals surface area contributed by atoms with E-state index in [1.807, 2.05) is 9.80 Å². The molecule has 1 spiro atoms. The van der Waals surface area contributed by atoms with Crippen molar-refractivity contribution >= 4 is 36.6 Å². The number of amides is 2. The molecule has 9 heteroatoms. The molecule has 3 saturated heterocycles. The number of carbonyl (C=O) groups is 2. The minimum Gasteiger partial charge on any atom is -0.392 e. The summed E-state index contributed by atoms with van der Waals surface area (Å²) in [4.78, 5) is 28.6. The second-order valence-electron chi connectivity index (χ2n) is 6.66. The largest absolute Gasteiger partial charge is 0.392 e. The topological polar surface area (TPSA) is 84.9 Å². The number of likely N-dealkylation sites (tertiary alicyclic amines) is 1. The lowest BCUT2D eigenvalue weighted by Gasteiger charge is -2.47. The van der Waals surface area contributed by atoms with Crippen LogP contribution in [0.25, 0.3) is 0 Å². The van der Waals surface area contributed by atoms with Crippen molar-refractivity contribution in [3.63, 3.8) is 0 Å². The van der Waals surface area contributed by atoms with Crippen LogP contribution in [0.4, 0.5) is 0 Å². The van der Waals surface area contributed by atoms with E-state index in [4.69, 9.17) is 0 Å². The van der Waals surface area contributed by atoms with Gasteiger partial charge in [0.15, 0.2) is 0 Å². The summed E-state index contributed by atoms with van der Waals surface area (Å²) < 4.78 is 0. The van der Waals surface area contributed by atoms with Gasteiger partial charge < -0.3 is 20.6 Å². The van der Waals surface area contributed by atoms with Gasteiger partial charge in [-0.25, -0.2) is 0 Å². The van der Waals surface area contributed by atoms with Crippen LogP contribution in [0, 0.1) is 5.41 Å². The molecular formula is C15H28Cl2N4O3. The molecule has 140 valence electrons. The van der Waals surface area contributed by atoms with Crippen LogP contribution < -0.4 is 10.6 Å². The Morgan fingerprint density at radius 1 is 1.21 bits per heavy atom. The first kappa shape index (κ1) is 21.4. The molecule has 3 aliphatic heterocycles. The van der Waals surface area contributed by atoms with Gasteiger partial charge in [-0.3, -0.25) is 14.5 Å². The third kappa shape index (κ3) is 4.32. The zero-order chi connectivity index (χ0) is 15.6. The van der Waals surface area contributed by atoms with E-state index in [1.54, 1.807) is 0 Å². The summed E-state index contributed by atoms with van der Waals surface area (Å²) in [6.07, 6.45) is 1.56. The summed E-state index contributed by atoms with van der Waals surface area (Å²) in [6.45, 7) is 5.38. The van der Waals surface area contributed by atoms with Gasteiger partial charge in [0.05, 0.1) is 18.1 Å². The minimum absolute atomic E-state index is 0. The standard InChI is InChI=1S/C15H26N4O3.2ClH/c20-12-2-7-18(10-13(21)19-8-5-16-6-9-19)11-15(12)3-1-4-17-14(15)22;;/h12,16,20H,1-11H2,(H,17,22);2*1H/t12-,15+;;/m0../s1. The molecule has 0 aromatic carbocycles. The maximum Gasteiger partial charge on any atom is 0.236 e. The van der Waals surface area contributed by atoms with Gasteiger partial charge in [-0.1, -0.05) is 0 Å². The first-order valence-corrected chi connectivity index (χ1v) is 8.29. The molecular weight excluding hydrogens is 355 g/mol. The molecule has 24 heavy (non-hydrogen) atoms. The lowest BCUT2D eigenvalue weighted by molar-refractivity contribution is -0.151. The predicted molar refractivity (Wildman–Crippen MR) is 95.7 cm³/mol.